The van der Waals surface area contributed by atoms with Crippen LogP contribution in [0.4, 0.5) is 5.69 Å². The highest BCUT2D eigenvalue weighted by molar-refractivity contribution is 7.89. The van der Waals surface area contributed by atoms with Gasteiger partial charge in [0.2, 0.25) is 10.0 Å². The second kappa shape index (κ2) is 5.22. The zero-order valence-electron chi connectivity index (χ0n) is 11.6. The number of nitrogen functional groups attached to an aromatic ring is 1. The number of nitrogens with one attached hydrogen (secondary N) is 1. The minimum Gasteiger partial charge on any atom is -0.398 e. The molecule has 0 bridgehead atoms. The summed E-state index contributed by atoms with van der Waals surface area (Å²) in [5, 5.41) is 7.53. The Kier molecular flexibility index (Phi) is 3.78. The molecule has 0 unspecified atom stereocenters. The lowest BCUT2D eigenvalue weighted by Gasteiger charge is -2.13. The second-order valence-corrected chi connectivity index (χ2v) is 6.31. The number of hydrogen-bond acceptors (Lipinski definition) is 5. The Morgan fingerprint density at radius 3 is 2.65 bits per heavy atom. The smallest absolute Gasteiger partial charge is 0.243 e. The third kappa shape index (κ3) is 2.66. The zero-order valence-corrected chi connectivity index (χ0v) is 12.4. The maximum Gasteiger partial charge on any atom is 0.243 e. The summed E-state index contributed by atoms with van der Waals surface area (Å²) in [6.45, 7) is 3.64. The average Bonchev–Trinajstić information content (AvgIpc) is 2.77. The highest BCUT2D eigenvalue weighted by Crippen LogP contribution is 2.25. The van der Waals surface area contributed by atoms with Crippen molar-refractivity contribution < 1.29 is 8.42 Å². The summed E-state index contributed by atoms with van der Waals surface area (Å²) in [4.78, 5) is 0.125. The van der Waals surface area contributed by atoms with Gasteiger partial charge in [-0.2, -0.15) is 0 Å². The molecule has 0 amide bonds. The van der Waals surface area contributed by atoms with Crippen LogP contribution in [-0.2, 0) is 23.6 Å². The highest BCUT2D eigenvalue weighted by atomic mass is 32.2. The summed E-state index contributed by atoms with van der Waals surface area (Å²) in [7, 11) is -1.95. The number of rotatable bonds is 4. The fraction of sp³-hybridized carbons (Fsp3) is 0.333. The summed E-state index contributed by atoms with van der Waals surface area (Å²) in [5.74, 6) is 0.525. The van der Waals surface area contributed by atoms with Crippen LogP contribution in [0, 0.1) is 13.8 Å². The first-order valence-electron chi connectivity index (χ1n) is 6.01. The number of nitrogens with two attached hydrogens (primary N) is 1. The second-order valence-electron chi connectivity index (χ2n) is 4.61. The van der Waals surface area contributed by atoms with Crippen LogP contribution in [0.2, 0.25) is 0 Å². The van der Waals surface area contributed by atoms with Crippen LogP contribution in [0.15, 0.2) is 23.4 Å². The van der Waals surface area contributed by atoms with E-state index < -0.39 is 10.0 Å². The van der Waals surface area contributed by atoms with Crippen molar-refractivity contribution in [1.29, 1.82) is 0 Å². The first kappa shape index (κ1) is 14.5. The van der Waals surface area contributed by atoms with E-state index in [0.717, 1.165) is 5.56 Å². The molecule has 0 spiro atoms. The Balaban J connectivity index is 2.32. The molecule has 0 saturated heterocycles. The van der Waals surface area contributed by atoms with Gasteiger partial charge < -0.3 is 10.3 Å². The summed E-state index contributed by atoms with van der Waals surface area (Å²) in [6, 6.07) is 3.39. The van der Waals surface area contributed by atoms with Crippen LogP contribution in [0.5, 0.6) is 0 Å². The van der Waals surface area contributed by atoms with Crippen molar-refractivity contribution in [2.45, 2.75) is 25.3 Å². The van der Waals surface area contributed by atoms with Crippen molar-refractivity contribution in [2.24, 2.45) is 7.05 Å². The fourth-order valence-corrected chi connectivity index (χ4v) is 3.27. The van der Waals surface area contributed by atoms with Crippen LogP contribution in [0.25, 0.3) is 0 Å². The van der Waals surface area contributed by atoms with Crippen molar-refractivity contribution >= 4 is 15.7 Å². The van der Waals surface area contributed by atoms with Gasteiger partial charge in [0, 0.05) is 7.05 Å². The predicted molar refractivity (Wildman–Crippen MR) is 75.4 cm³/mol. The third-order valence-corrected chi connectivity index (χ3v) is 4.81. The molecular formula is C12H17N5O2S. The lowest BCUT2D eigenvalue weighted by Crippen LogP contribution is -2.26. The lowest BCUT2D eigenvalue weighted by molar-refractivity contribution is 0.577. The van der Waals surface area contributed by atoms with Gasteiger partial charge in [0.1, 0.15) is 17.0 Å². The quantitative estimate of drug-likeness (QED) is 0.799. The van der Waals surface area contributed by atoms with E-state index in [1.807, 2.05) is 6.92 Å². The molecule has 8 heteroatoms. The number of hydrogen-bond donors (Lipinski definition) is 2. The lowest BCUT2D eigenvalue weighted by atomic mass is 10.1. The van der Waals surface area contributed by atoms with E-state index in [-0.39, 0.29) is 17.1 Å². The Morgan fingerprint density at radius 2 is 2.05 bits per heavy atom. The van der Waals surface area contributed by atoms with E-state index in [9.17, 15) is 8.42 Å². The molecule has 0 aliphatic carbocycles. The number of anilines is 1. The maximum atomic E-state index is 12.4. The molecule has 2 aromatic rings. The minimum atomic E-state index is -3.69. The third-order valence-electron chi connectivity index (χ3n) is 3.20. The Hall–Kier alpha value is -1.93. The highest BCUT2D eigenvalue weighted by Gasteiger charge is 2.21. The minimum absolute atomic E-state index is 0.0612. The van der Waals surface area contributed by atoms with E-state index in [1.165, 1.54) is 6.33 Å². The molecule has 3 N–H and O–H groups in total. The molecule has 2 rings (SSSR count). The summed E-state index contributed by atoms with van der Waals surface area (Å²) >= 11 is 0. The standard InChI is InChI=1S/C12H17N5O2S/c1-8-4-5-10(13)12(9(8)2)20(18,19)15-6-11-16-14-7-17(11)3/h4-5,7,15H,6,13H2,1-3H3. The average molecular weight is 295 g/mol. The first-order valence-corrected chi connectivity index (χ1v) is 7.49. The van der Waals surface area contributed by atoms with E-state index >= 15 is 0 Å². The van der Waals surface area contributed by atoms with Crippen LogP contribution in [0.3, 0.4) is 0 Å². The molecule has 0 saturated carbocycles. The maximum absolute atomic E-state index is 12.4. The number of aromatic nitrogens is 3. The zero-order chi connectivity index (χ0) is 14.9. The number of sulfonamides is 1. The van der Waals surface area contributed by atoms with Crippen LogP contribution in [0.1, 0.15) is 17.0 Å². The molecule has 1 heterocycles. The van der Waals surface area contributed by atoms with Gasteiger partial charge in [-0.1, -0.05) is 6.07 Å². The Morgan fingerprint density at radius 1 is 1.35 bits per heavy atom. The molecule has 7 nitrogen and oxygen atoms in total. The van der Waals surface area contributed by atoms with E-state index in [4.69, 9.17) is 5.73 Å². The Bertz CT molecular complexity index is 736. The van der Waals surface area contributed by atoms with Crippen LogP contribution < -0.4 is 10.5 Å². The normalized spacial score (nSPS) is 11.8. The largest absolute Gasteiger partial charge is 0.398 e. The van der Waals surface area contributed by atoms with Crippen molar-refractivity contribution in [2.75, 3.05) is 5.73 Å². The van der Waals surface area contributed by atoms with E-state index in [0.29, 0.717) is 11.4 Å². The van der Waals surface area contributed by atoms with Gasteiger partial charge in [-0.05, 0) is 31.0 Å². The van der Waals surface area contributed by atoms with Gasteiger partial charge in [0.25, 0.3) is 0 Å². The topological polar surface area (TPSA) is 103 Å². The van der Waals surface area contributed by atoms with Gasteiger partial charge >= 0.3 is 0 Å². The number of aryl methyl sites for hydroxylation is 2. The van der Waals surface area contributed by atoms with Gasteiger partial charge in [0.15, 0.2) is 0 Å². The van der Waals surface area contributed by atoms with Gasteiger partial charge in [-0.3, -0.25) is 0 Å². The molecule has 108 valence electrons. The molecule has 0 aliphatic heterocycles. The Labute approximate surface area is 117 Å². The summed E-state index contributed by atoms with van der Waals surface area (Å²) in [6.07, 6.45) is 1.51. The molecular weight excluding hydrogens is 278 g/mol. The van der Waals surface area contributed by atoms with Crippen LogP contribution in [-0.4, -0.2) is 23.2 Å². The molecule has 0 aliphatic rings. The van der Waals surface area contributed by atoms with Crippen molar-refractivity contribution in [1.82, 2.24) is 19.5 Å². The monoisotopic (exact) mass is 295 g/mol. The van der Waals surface area contributed by atoms with Crippen LogP contribution >= 0.6 is 0 Å². The van der Waals surface area contributed by atoms with Crippen molar-refractivity contribution in [3.8, 4) is 0 Å². The molecule has 1 aromatic carbocycles. The summed E-state index contributed by atoms with van der Waals surface area (Å²) in [5.41, 5.74) is 7.56. The van der Waals surface area contributed by atoms with E-state index in [1.54, 1.807) is 30.7 Å². The molecule has 20 heavy (non-hydrogen) atoms. The van der Waals surface area contributed by atoms with Crippen molar-refractivity contribution in [3.05, 3.63) is 35.4 Å². The van der Waals surface area contributed by atoms with Crippen molar-refractivity contribution in [3.63, 3.8) is 0 Å². The predicted octanol–water partition coefficient (Wildman–Crippen LogP) is 0.493. The molecule has 0 atom stereocenters. The number of benzene rings is 1. The fourth-order valence-electron chi connectivity index (χ4n) is 1.87. The first-order chi connectivity index (χ1) is 9.33. The van der Waals surface area contributed by atoms with Gasteiger partial charge in [0.05, 0.1) is 12.2 Å². The molecule has 0 fully saturated rings. The SMILES string of the molecule is Cc1ccc(N)c(S(=O)(=O)NCc2nncn2C)c1C. The van der Waals surface area contributed by atoms with Gasteiger partial charge in [-0.25, -0.2) is 13.1 Å². The number of nitrogens with zero attached hydrogens (tertiary/aromatic N) is 3. The van der Waals surface area contributed by atoms with Gasteiger partial charge in [-0.15, -0.1) is 10.2 Å². The molecule has 1 aromatic heterocycles. The molecule has 0 radical (unpaired) electrons. The summed E-state index contributed by atoms with van der Waals surface area (Å²) < 4.78 is 28.9. The van der Waals surface area contributed by atoms with E-state index in [2.05, 4.69) is 14.9 Å².